The van der Waals surface area contributed by atoms with Gasteiger partial charge in [0.25, 0.3) is 0 Å². The first kappa shape index (κ1) is 16.9. The molecule has 1 N–H and O–H groups in total. The molecule has 2 rings (SSSR count). The fourth-order valence-electron chi connectivity index (χ4n) is 2.23. The summed E-state index contributed by atoms with van der Waals surface area (Å²) in [6.45, 7) is 2.84. The second-order valence-electron chi connectivity index (χ2n) is 4.72. The minimum atomic E-state index is -0.267. The average Bonchev–Trinajstić information content (AvgIpc) is 2.44. The number of hydrogen-bond donors (Lipinski definition) is 1. The Bertz CT molecular complexity index is 634. The van der Waals surface area contributed by atoms with Crippen molar-refractivity contribution in [3.63, 3.8) is 0 Å². The maximum atomic E-state index is 14.0. The van der Waals surface area contributed by atoms with Crippen molar-refractivity contribution in [1.82, 2.24) is 5.32 Å². The van der Waals surface area contributed by atoms with Crippen LogP contribution in [0, 0.1) is 5.82 Å². The highest BCUT2D eigenvalue weighted by Gasteiger charge is 2.17. The van der Waals surface area contributed by atoms with Crippen LogP contribution in [0.1, 0.15) is 24.1 Å². The van der Waals surface area contributed by atoms with Gasteiger partial charge in [0.2, 0.25) is 0 Å². The number of rotatable bonds is 5. The number of nitrogens with one attached hydrogen (secondary N) is 1. The van der Waals surface area contributed by atoms with Crippen LogP contribution in [-0.2, 0) is 6.42 Å². The third-order valence-electron chi connectivity index (χ3n) is 3.22. The fraction of sp³-hybridized carbons (Fsp3) is 0.250. The summed E-state index contributed by atoms with van der Waals surface area (Å²) in [6.07, 6.45) is 0.561. The van der Waals surface area contributed by atoms with Crippen molar-refractivity contribution in [2.24, 2.45) is 0 Å². The van der Waals surface area contributed by atoms with Crippen LogP contribution in [0.15, 0.2) is 45.3 Å². The van der Waals surface area contributed by atoms with Crippen LogP contribution in [0.25, 0.3) is 0 Å². The van der Waals surface area contributed by atoms with E-state index < -0.39 is 0 Å². The standard InChI is InChI=1S/C16H15Br2ClFN/c1-2-21-16(13-8-11(17)4-6-14(13)18)7-10-3-5-12(19)9-15(10)20/h3-6,8-9,16,21H,2,7H2,1H3. The molecular formula is C16H15Br2ClFN. The van der Waals surface area contributed by atoms with Crippen molar-refractivity contribution in [1.29, 1.82) is 0 Å². The summed E-state index contributed by atoms with van der Waals surface area (Å²) in [7, 11) is 0. The van der Waals surface area contributed by atoms with Gasteiger partial charge in [0, 0.05) is 20.0 Å². The van der Waals surface area contributed by atoms with Gasteiger partial charge in [-0.3, -0.25) is 0 Å². The van der Waals surface area contributed by atoms with Gasteiger partial charge in [-0.1, -0.05) is 56.5 Å². The van der Waals surface area contributed by atoms with Crippen LogP contribution in [0.2, 0.25) is 5.02 Å². The van der Waals surface area contributed by atoms with E-state index in [2.05, 4.69) is 37.2 Å². The molecule has 5 heteroatoms. The van der Waals surface area contributed by atoms with Crippen LogP contribution in [0.5, 0.6) is 0 Å². The Hall–Kier alpha value is -0.420. The van der Waals surface area contributed by atoms with E-state index >= 15 is 0 Å². The molecule has 0 radical (unpaired) electrons. The van der Waals surface area contributed by atoms with E-state index in [0.717, 1.165) is 21.1 Å². The molecule has 0 saturated heterocycles. The van der Waals surface area contributed by atoms with Crippen molar-refractivity contribution in [2.75, 3.05) is 6.54 Å². The molecule has 0 amide bonds. The molecule has 0 saturated carbocycles. The number of benzene rings is 2. The van der Waals surface area contributed by atoms with Gasteiger partial charge in [0.15, 0.2) is 0 Å². The van der Waals surface area contributed by atoms with Crippen molar-refractivity contribution < 1.29 is 4.39 Å². The van der Waals surface area contributed by atoms with E-state index in [-0.39, 0.29) is 11.9 Å². The summed E-state index contributed by atoms with van der Waals surface area (Å²) >= 11 is 12.9. The molecule has 0 bridgehead atoms. The third-order valence-corrected chi connectivity index (χ3v) is 4.67. The molecule has 2 aromatic rings. The predicted octanol–water partition coefficient (Wildman–Crippen LogP) is 5.90. The smallest absolute Gasteiger partial charge is 0.127 e. The van der Waals surface area contributed by atoms with Gasteiger partial charge in [-0.05, 0) is 54.4 Å². The summed E-state index contributed by atoms with van der Waals surface area (Å²) in [5.74, 6) is -0.267. The van der Waals surface area contributed by atoms with Gasteiger partial charge < -0.3 is 5.32 Å². The Labute approximate surface area is 146 Å². The lowest BCUT2D eigenvalue weighted by Crippen LogP contribution is -2.23. The first-order valence-corrected chi connectivity index (χ1v) is 8.60. The third kappa shape index (κ3) is 4.52. The zero-order valence-electron chi connectivity index (χ0n) is 11.5. The normalized spacial score (nSPS) is 12.4. The van der Waals surface area contributed by atoms with Gasteiger partial charge in [0.1, 0.15) is 5.82 Å². The van der Waals surface area contributed by atoms with Crippen molar-refractivity contribution >= 4 is 43.5 Å². The van der Waals surface area contributed by atoms with Crippen LogP contribution >= 0.6 is 43.5 Å². The van der Waals surface area contributed by atoms with E-state index in [1.165, 1.54) is 6.07 Å². The lowest BCUT2D eigenvalue weighted by molar-refractivity contribution is 0.526. The highest BCUT2D eigenvalue weighted by molar-refractivity contribution is 9.11. The summed E-state index contributed by atoms with van der Waals surface area (Å²) in [4.78, 5) is 0. The molecule has 1 unspecified atom stereocenters. The van der Waals surface area contributed by atoms with Crippen molar-refractivity contribution in [3.8, 4) is 0 Å². The lowest BCUT2D eigenvalue weighted by Gasteiger charge is -2.20. The van der Waals surface area contributed by atoms with E-state index in [9.17, 15) is 4.39 Å². The highest BCUT2D eigenvalue weighted by Crippen LogP contribution is 2.30. The van der Waals surface area contributed by atoms with Crippen LogP contribution < -0.4 is 5.32 Å². The number of hydrogen-bond acceptors (Lipinski definition) is 1. The van der Waals surface area contributed by atoms with Crippen molar-refractivity contribution in [3.05, 3.63) is 67.3 Å². The number of likely N-dealkylation sites (N-methyl/N-ethyl adjacent to an activating group) is 1. The Balaban J connectivity index is 2.32. The minimum Gasteiger partial charge on any atom is -0.310 e. The quantitative estimate of drug-likeness (QED) is 0.617. The molecular weight excluding hydrogens is 420 g/mol. The average molecular weight is 436 g/mol. The minimum absolute atomic E-state index is 0.0255. The van der Waals surface area contributed by atoms with E-state index in [0.29, 0.717) is 17.0 Å². The van der Waals surface area contributed by atoms with Crippen LogP contribution in [0.4, 0.5) is 4.39 Å². The molecule has 0 aliphatic carbocycles. The Morgan fingerprint density at radius 3 is 2.62 bits per heavy atom. The fourth-order valence-corrected chi connectivity index (χ4v) is 3.29. The molecule has 0 fully saturated rings. The first-order chi connectivity index (χ1) is 10.0. The molecule has 1 nitrogen and oxygen atoms in total. The number of halogens is 4. The molecule has 0 aliphatic heterocycles. The van der Waals surface area contributed by atoms with Crippen LogP contribution in [0.3, 0.4) is 0 Å². The largest absolute Gasteiger partial charge is 0.310 e. The summed E-state index contributed by atoms with van der Waals surface area (Å²) in [6, 6.07) is 10.9. The molecule has 2 aromatic carbocycles. The molecule has 1 atom stereocenters. The molecule has 0 aromatic heterocycles. The van der Waals surface area contributed by atoms with E-state index in [4.69, 9.17) is 11.6 Å². The Kier molecular flexibility index (Phi) is 6.23. The van der Waals surface area contributed by atoms with Gasteiger partial charge in [-0.15, -0.1) is 0 Å². The van der Waals surface area contributed by atoms with E-state index in [1.54, 1.807) is 12.1 Å². The Morgan fingerprint density at radius 1 is 1.19 bits per heavy atom. The molecule has 0 aliphatic rings. The van der Waals surface area contributed by atoms with Gasteiger partial charge in [0.05, 0.1) is 0 Å². The summed E-state index contributed by atoms with van der Waals surface area (Å²) < 4.78 is 16.0. The maximum Gasteiger partial charge on any atom is 0.127 e. The zero-order valence-corrected chi connectivity index (χ0v) is 15.4. The molecule has 112 valence electrons. The van der Waals surface area contributed by atoms with E-state index in [1.807, 2.05) is 25.1 Å². The van der Waals surface area contributed by atoms with Gasteiger partial charge >= 0.3 is 0 Å². The topological polar surface area (TPSA) is 12.0 Å². The molecule has 0 spiro atoms. The van der Waals surface area contributed by atoms with Gasteiger partial charge in [-0.25, -0.2) is 4.39 Å². The maximum absolute atomic E-state index is 14.0. The second-order valence-corrected chi connectivity index (χ2v) is 6.92. The predicted molar refractivity (Wildman–Crippen MR) is 93.4 cm³/mol. The first-order valence-electron chi connectivity index (χ1n) is 6.63. The van der Waals surface area contributed by atoms with Crippen molar-refractivity contribution in [2.45, 2.75) is 19.4 Å². The molecule has 0 heterocycles. The highest BCUT2D eigenvalue weighted by atomic mass is 79.9. The van der Waals surface area contributed by atoms with Gasteiger partial charge in [-0.2, -0.15) is 0 Å². The summed E-state index contributed by atoms with van der Waals surface area (Å²) in [5.41, 5.74) is 1.75. The van der Waals surface area contributed by atoms with Crippen LogP contribution in [-0.4, -0.2) is 6.54 Å². The zero-order chi connectivity index (χ0) is 15.4. The monoisotopic (exact) mass is 433 g/mol. The lowest BCUT2D eigenvalue weighted by atomic mass is 9.98. The molecule has 21 heavy (non-hydrogen) atoms. The summed E-state index contributed by atoms with van der Waals surface area (Å²) in [5, 5.41) is 3.82. The SMILES string of the molecule is CCNC(Cc1ccc(Cl)cc1F)c1cc(Br)ccc1Br. The Morgan fingerprint density at radius 2 is 1.95 bits per heavy atom. The second kappa shape index (κ2) is 7.73.